The van der Waals surface area contributed by atoms with Gasteiger partial charge in [-0.1, -0.05) is 0 Å². The predicted molar refractivity (Wildman–Crippen MR) is 55.4 cm³/mol. The van der Waals surface area contributed by atoms with E-state index in [1.165, 1.54) is 12.1 Å². The lowest BCUT2D eigenvalue weighted by Crippen LogP contribution is -2.17. The van der Waals surface area contributed by atoms with Gasteiger partial charge in [0.1, 0.15) is 5.75 Å². The minimum atomic E-state index is -4.77. The van der Waals surface area contributed by atoms with Gasteiger partial charge in [-0.15, -0.1) is 13.2 Å². The van der Waals surface area contributed by atoms with E-state index in [4.69, 9.17) is 5.11 Å². The van der Waals surface area contributed by atoms with Crippen LogP contribution in [0.15, 0.2) is 30.5 Å². The molecule has 7 heteroatoms. The molecular formula is C11H6F3NO3. The molecule has 0 saturated carbocycles. The number of halogens is 3. The third kappa shape index (κ3) is 2.68. The van der Waals surface area contributed by atoms with E-state index in [1.807, 2.05) is 0 Å². The Kier molecular flexibility index (Phi) is 2.82. The standard InChI is InChI=1S/C11H6F3NO3/c12-11(13,14)18-8-2-1-6-3-7(10(16)17)5-15-9(6)4-8/h1-5H,(H,16,17). The fourth-order valence-corrected chi connectivity index (χ4v) is 1.42. The zero-order chi connectivity index (χ0) is 13.3. The maximum absolute atomic E-state index is 12.0. The molecule has 0 bridgehead atoms. The van der Waals surface area contributed by atoms with Gasteiger partial charge in [0.2, 0.25) is 0 Å². The van der Waals surface area contributed by atoms with Crippen LogP contribution in [0.1, 0.15) is 10.4 Å². The van der Waals surface area contributed by atoms with Crippen molar-refractivity contribution in [3.8, 4) is 5.75 Å². The topological polar surface area (TPSA) is 59.4 Å². The first-order valence-electron chi connectivity index (χ1n) is 4.74. The normalized spacial score (nSPS) is 11.5. The number of aromatic nitrogens is 1. The fraction of sp³-hybridized carbons (Fsp3) is 0.0909. The Hall–Kier alpha value is -2.31. The van der Waals surface area contributed by atoms with E-state index in [1.54, 1.807) is 0 Å². The highest BCUT2D eigenvalue weighted by molar-refractivity contribution is 5.92. The van der Waals surface area contributed by atoms with Gasteiger partial charge in [0.15, 0.2) is 0 Å². The lowest BCUT2D eigenvalue weighted by Gasteiger charge is -2.09. The largest absolute Gasteiger partial charge is 0.573 e. The van der Waals surface area contributed by atoms with Gasteiger partial charge in [-0.25, -0.2) is 4.79 Å². The molecule has 2 aromatic rings. The summed E-state index contributed by atoms with van der Waals surface area (Å²) in [6.45, 7) is 0. The highest BCUT2D eigenvalue weighted by Gasteiger charge is 2.31. The summed E-state index contributed by atoms with van der Waals surface area (Å²) in [7, 11) is 0. The van der Waals surface area contributed by atoms with Crippen LogP contribution >= 0.6 is 0 Å². The Morgan fingerprint density at radius 3 is 2.61 bits per heavy atom. The van der Waals surface area contributed by atoms with E-state index >= 15 is 0 Å². The monoisotopic (exact) mass is 257 g/mol. The average Bonchev–Trinajstić information content (AvgIpc) is 2.26. The number of benzene rings is 1. The van der Waals surface area contributed by atoms with Crippen LogP contribution in [0.25, 0.3) is 10.9 Å². The molecule has 2 rings (SSSR count). The average molecular weight is 257 g/mol. The first-order valence-corrected chi connectivity index (χ1v) is 4.74. The van der Waals surface area contributed by atoms with E-state index in [-0.39, 0.29) is 11.1 Å². The van der Waals surface area contributed by atoms with E-state index in [0.717, 1.165) is 18.3 Å². The summed E-state index contributed by atoms with van der Waals surface area (Å²) in [6, 6.07) is 4.83. The second-order valence-electron chi connectivity index (χ2n) is 3.43. The number of carbonyl (C=O) groups is 1. The molecule has 94 valence electrons. The van der Waals surface area contributed by atoms with E-state index < -0.39 is 18.1 Å². The Bertz CT molecular complexity index is 610. The molecule has 1 N–H and O–H groups in total. The van der Waals surface area contributed by atoms with Crippen molar-refractivity contribution in [2.45, 2.75) is 6.36 Å². The predicted octanol–water partition coefficient (Wildman–Crippen LogP) is 2.83. The number of aromatic carboxylic acids is 1. The molecule has 1 aromatic carbocycles. The van der Waals surface area contributed by atoms with Crippen molar-refractivity contribution in [1.82, 2.24) is 4.98 Å². The zero-order valence-electron chi connectivity index (χ0n) is 8.73. The number of hydrogen-bond donors (Lipinski definition) is 1. The van der Waals surface area contributed by atoms with Crippen molar-refractivity contribution in [1.29, 1.82) is 0 Å². The summed E-state index contributed by atoms with van der Waals surface area (Å²) in [6.07, 6.45) is -3.70. The number of pyridine rings is 1. The number of carboxylic acids is 1. The molecule has 4 nitrogen and oxygen atoms in total. The molecule has 1 heterocycles. The summed E-state index contributed by atoms with van der Waals surface area (Å²) >= 11 is 0. The van der Waals surface area contributed by atoms with E-state index in [2.05, 4.69) is 9.72 Å². The molecular weight excluding hydrogens is 251 g/mol. The number of ether oxygens (including phenoxy) is 1. The molecule has 0 aliphatic carbocycles. The van der Waals surface area contributed by atoms with Crippen LogP contribution in [0.3, 0.4) is 0 Å². The quantitative estimate of drug-likeness (QED) is 0.898. The number of rotatable bonds is 2. The van der Waals surface area contributed by atoms with E-state index in [0.29, 0.717) is 5.39 Å². The third-order valence-electron chi connectivity index (χ3n) is 2.14. The Morgan fingerprint density at radius 2 is 2.00 bits per heavy atom. The molecule has 0 radical (unpaired) electrons. The summed E-state index contributed by atoms with van der Waals surface area (Å²) in [4.78, 5) is 14.5. The highest BCUT2D eigenvalue weighted by atomic mass is 19.4. The van der Waals surface area contributed by atoms with Gasteiger partial charge in [-0.3, -0.25) is 4.98 Å². The number of alkyl halides is 3. The maximum Gasteiger partial charge on any atom is 0.573 e. The second-order valence-corrected chi connectivity index (χ2v) is 3.43. The maximum atomic E-state index is 12.0. The van der Waals surface area contributed by atoms with Gasteiger partial charge >= 0.3 is 12.3 Å². The molecule has 0 aliphatic heterocycles. The number of carboxylic acid groups (broad SMARTS) is 1. The number of nitrogens with zero attached hydrogens (tertiary/aromatic N) is 1. The Balaban J connectivity index is 2.41. The molecule has 0 spiro atoms. The van der Waals surface area contributed by atoms with Crippen LogP contribution in [-0.2, 0) is 0 Å². The van der Waals surface area contributed by atoms with Crippen LogP contribution in [0.5, 0.6) is 5.75 Å². The Labute approximate surface area is 98.6 Å². The fourth-order valence-electron chi connectivity index (χ4n) is 1.42. The molecule has 0 saturated heterocycles. The molecule has 1 aromatic heterocycles. The third-order valence-corrected chi connectivity index (χ3v) is 2.14. The zero-order valence-corrected chi connectivity index (χ0v) is 8.73. The minimum Gasteiger partial charge on any atom is -0.478 e. The minimum absolute atomic E-state index is 0.0352. The Morgan fingerprint density at radius 1 is 1.28 bits per heavy atom. The van der Waals surface area contributed by atoms with Crippen LogP contribution in [0.2, 0.25) is 0 Å². The second kappa shape index (κ2) is 4.17. The van der Waals surface area contributed by atoms with Crippen LogP contribution in [0, 0.1) is 0 Å². The molecule has 0 atom stereocenters. The summed E-state index contributed by atoms with van der Waals surface area (Å²) in [5, 5.41) is 9.16. The van der Waals surface area contributed by atoms with Gasteiger partial charge in [0, 0.05) is 17.6 Å². The first kappa shape index (κ1) is 12.2. The molecule has 0 aliphatic rings. The van der Waals surface area contributed by atoms with Gasteiger partial charge in [0.25, 0.3) is 0 Å². The SMILES string of the molecule is O=C(O)c1cnc2cc(OC(F)(F)F)ccc2c1. The number of fused-ring (bicyclic) bond motifs is 1. The van der Waals surface area contributed by atoms with Gasteiger partial charge in [-0.05, 0) is 18.2 Å². The van der Waals surface area contributed by atoms with Crippen LogP contribution < -0.4 is 4.74 Å². The van der Waals surface area contributed by atoms with Gasteiger partial charge in [0.05, 0.1) is 11.1 Å². The molecule has 0 fully saturated rings. The van der Waals surface area contributed by atoms with Gasteiger partial charge < -0.3 is 9.84 Å². The van der Waals surface area contributed by atoms with Crippen LogP contribution in [0.4, 0.5) is 13.2 Å². The van der Waals surface area contributed by atoms with Crippen molar-refractivity contribution in [3.63, 3.8) is 0 Å². The molecule has 0 amide bonds. The highest BCUT2D eigenvalue weighted by Crippen LogP contribution is 2.25. The summed E-state index contributed by atoms with van der Waals surface area (Å²) < 4.78 is 39.7. The van der Waals surface area contributed by atoms with Crippen molar-refractivity contribution in [3.05, 3.63) is 36.0 Å². The van der Waals surface area contributed by atoms with Crippen LogP contribution in [-0.4, -0.2) is 22.4 Å². The lowest BCUT2D eigenvalue weighted by molar-refractivity contribution is -0.274. The summed E-state index contributed by atoms with van der Waals surface area (Å²) in [5.41, 5.74) is 0.189. The van der Waals surface area contributed by atoms with Crippen molar-refractivity contribution in [2.75, 3.05) is 0 Å². The molecule has 18 heavy (non-hydrogen) atoms. The smallest absolute Gasteiger partial charge is 0.478 e. The van der Waals surface area contributed by atoms with Crippen molar-refractivity contribution >= 4 is 16.9 Å². The summed E-state index contributed by atoms with van der Waals surface area (Å²) in [5.74, 6) is -1.55. The first-order chi connectivity index (χ1) is 8.35. The van der Waals surface area contributed by atoms with E-state index in [9.17, 15) is 18.0 Å². The van der Waals surface area contributed by atoms with Crippen molar-refractivity contribution in [2.24, 2.45) is 0 Å². The lowest BCUT2D eigenvalue weighted by atomic mass is 10.1. The van der Waals surface area contributed by atoms with Gasteiger partial charge in [-0.2, -0.15) is 0 Å². The number of hydrogen-bond acceptors (Lipinski definition) is 3. The molecule has 0 unspecified atom stereocenters. The van der Waals surface area contributed by atoms with Crippen molar-refractivity contribution < 1.29 is 27.8 Å².